The first-order valence-electron chi connectivity index (χ1n) is 7.33. The number of benzene rings is 1. The summed E-state index contributed by atoms with van der Waals surface area (Å²) in [5, 5.41) is 9.19. The second-order valence-corrected chi connectivity index (χ2v) is 5.88. The maximum atomic E-state index is 9.19. The van der Waals surface area contributed by atoms with Crippen LogP contribution < -0.4 is 0 Å². The number of aliphatic hydroxyl groups excluding tert-OH is 1. The Balaban J connectivity index is 1.92. The van der Waals surface area contributed by atoms with Crippen LogP contribution >= 0.6 is 0 Å². The molecule has 0 aliphatic carbocycles. The highest BCUT2D eigenvalue weighted by atomic mass is 16.3. The summed E-state index contributed by atoms with van der Waals surface area (Å²) in [7, 11) is 0. The zero-order valence-electron chi connectivity index (χ0n) is 12.5. The fourth-order valence-electron chi connectivity index (χ4n) is 2.55. The molecular formula is C18H20N2O. The van der Waals surface area contributed by atoms with Crippen LogP contribution in [0.2, 0.25) is 0 Å². The summed E-state index contributed by atoms with van der Waals surface area (Å²) in [4.78, 5) is 4.63. The second-order valence-electron chi connectivity index (χ2n) is 5.88. The van der Waals surface area contributed by atoms with Gasteiger partial charge in [0.05, 0.1) is 12.3 Å². The number of hydrogen-bond acceptors (Lipinski definition) is 2. The van der Waals surface area contributed by atoms with E-state index in [1.54, 1.807) is 0 Å². The average molecular weight is 280 g/mol. The Hall–Kier alpha value is -2.13. The fourth-order valence-corrected chi connectivity index (χ4v) is 2.55. The smallest absolute Gasteiger partial charge is 0.137 e. The van der Waals surface area contributed by atoms with Gasteiger partial charge in [-0.2, -0.15) is 0 Å². The van der Waals surface area contributed by atoms with E-state index >= 15 is 0 Å². The van der Waals surface area contributed by atoms with E-state index in [9.17, 15) is 5.11 Å². The third-order valence-electron chi connectivity index (χ3n) is 3.59. The minimum Gasteiger partial charge on any atom is -0.392 e. The number of fused-ring (bicyclic) bond motifs is 1. The molecular weight excluding hydrogens is 260 g/mol. The summed E-state index contributed by atoms with van der Waals surface area (Å²) < 4.78 is 1.96. The average Bonchev–Trinajstić information content (AvgIpc) is 2.90. The quantitative estimate of drug-likeness (QED) is 0.791. The number of pyridine rings is 1. The Morgan fingerprint density at radius 2 is 1.71 bits per heavy atom. The van der Waals surface area contributed by atoms with Crippen LogP contribution in [-0.2, 0) is 13.0 Å². The van der Waals surface area contributed by atoms with Crippen molar-refractivity contribution in [2.45, 2.75) is 26.9 Å². The lowest BCUT2D eigenvalue weighted by Gasteiger charge is -2.05. The molecule has 0 aliphatic rings. The monoisotopic (exact) mass is 280 g/mol. The van der Waals surface area contributed by atoms with Crippen molar-refractivity contribution in [1.29, 1.82) is 0 Å². The number of aliphatic hydroxyl groups is 1. The summed E-state index contributed by atoms with van der Waals surface area (Å²) in [6.07, 6.45) is 5.02. The molecule has 108 valence electrons. The molecule has 0 saturated carbocycles. The highest BCUT2D eigenvalue weighted by Gasteiger charge is 2.05. The van der Waals surface area contributed by atoms with Gasteiger partial charge in [0, 0.05) is 18.0 Å². The Morgan fingerprint density at radius 1 is 1.00 bits per heavy atom. The van der Waals surface area contributed by atoms with Gasteiger partial charge < -0.3 is 9.51 Å². The normalized spacial score (nSPS) is 11.4. The van der Waals surface area contributed by atoms with Crippen LogP contribution in [0.4, 0.5) is 0 Å². The summed E-state index contributed by atoms with van der Waals surface area (Å²) in [6, 6.07) is 12.5. The predicted octanol–water partition coefficient (Wildman–Crippen LogP) is 3.69. The SMILES string of the molecule is CC(C)Cc1ccc(-c2cn3cc(CO)ccc3n2)cc1. The predicted molar refractivity (Wildman–Crippen MR) is 85.1 cm³/mol. The highest BCUT2D eigenvalue weighted by Crippen LogP contribution is 2.21. The fraction of sp³-hybridized carbons (Fsp3) is 0.278. The molecule has 21 heavy (non-hydrogen) atoms. The molecule has 0 atom stereocenters. The molecule has 0 amide bonds. The van der Waals surface area contributed by atoms with E-state index in [2.05, 4.69) is 43.1 Å². The molecule has 3 nitrogen and oxygen atoms in total. The number of nitrogens with zero attached hydrogens (tertiary/aromatic N) is 2. The standard InChI is InChI=1S/C18H20N2O/c1-13(2)9-14-3-6-16(7-4-14)17-11-20-10-15(12-21)5-8-18(20)19-17/h3-8,10-11,13,21H,9,12H2,1-2H3. The second kappa shape index (κ2) is 5.70. The van der Waals surface area contributed by atoms with Gasteiger partial charge in [0.15, 0.2) is 0 Å². The molecule has 1 N–H and O–H groups in total. The van der Waals surface area contributed by atoms with Crippen molar-refractivity contribution in [2.75, 3.05) is 0 Å². The Bertz CT molecular complexity index is 742. The zero-order valence-corrected chi connectivity index (χ0v) is 12.5. The molecule has 1 aromatic carbocycles. The molecule has 0 unspecified atom stereocenters. The van der Waals surface area contributed by atoms with Gasteiger partial charge in [0.1, 0.15) is 5.65 Å². The van der Waals surface area contributed by atoms with Gasteiger partial charge in [-0.3, -0.25) is 0 Å². The van der Waals surface area contributed by atoms with Gasteiger partial charge in [-0.15, -0.1) is 0 Å². The first-order chi connectivity index (χ1) is 10.2. The van der Waals surface area contributed by atoms with Gasteiger partial charge in [-0.05, 0) is 29.5 Å². The van der Waals surface area contributed by atoms with Crippen molar-refractivity contribution in [3.05, 3.63) is 59.9 Å². The number of rotatable bonds is 4. The summed E-state index contributed by atoms with van der Waals surface area (Å²) in [5.41, 5.74) is 5.23. The number of imidazole rings is 1. The van der Waals surface area contributed by atoms with Crippen molar-refractivity contribution < 1.29 is 5.11 Å². The topological polar surface area (TPSA) is 37.5 Å². The summed E-state index contributed by atoms with van der Waals surface area (Å²) in [5.74, 6) is 0.669. The maximum Gasteiger partial charge on any atom is 0.137 e. The van der Waals surface area contributed by atoms with E-state index in [0.29, 0.717) is 5.92 Å². The first-order valence-corrected chi connectivity index (χ1v) is 7.33. The molecule has 0 radical (unpaired) electrons. The highest BCUT2D eigenvalue weighted by molar-refractivity contribution is 5.63. The van der Waals surface area contributed by atoms with Gasteiger partial charge in [-0.1, -0.05) is 44.2 Å². The number of hydrogen-bond donors (Lipinski definition) is 1. The van der Waals surface area contributed by atoms with Gasteiger partial charge in [0.25, 0.3) is 0 Å². The zero-order chi connectivity index (χ0) is 14.8. The Morgan fingerprint density at radius 3 is 2.38 bits per heavy atom. The van der Waals surface area contributed by atoms with Crippen molar-refractivity contribution in [3.8, 4) is 11.3 Å². The van der Waals surface area contributed by atoms with Crippen molar-refractivity contribution in [3.63, 3.8) is 0 Å². The van der Waals surface area contributed by atoms with Crippen LogP contribution in [0.15, 0.2) is 48.8 Å². The molecule has 3 rings (SSSR count). The van der Waals surface area contributed by atoms with Gasteiger partial charge in [-0.25, -0.2) is 4.98 Å². The van der Waals surface area contributed by atoms with Gasteiger partial charge >= 0.3 is 0 Å². The minimum atomic E-state index is 0.0490. The maximum absolute atomic E-state index is 9.19. The van der Waals surface area contributed by atoms with E-state index in [0.717, 1.165) is 28.9 Å². The Kier molecular flexibility index (Phi) is 3.76. The van der Waals surface area contributed by atoms with E-state index in [1.165, 1.54) is 5.56 Å². The van der Waals surface area contributed by atoms with E-state index in [-0.39, 0.29) is 6.61 Å². The molecule has 2 heterocycles. The lowest BCUT2D eigenvalue weighted by Crippen LogP contribution is -1.93. The van der Waals surface area contributed by atoms with E-state index in [4.69, 9.17) is 0 Å². The molecule has 0 bridgehead atoms. The molecule has 0 fully saturated rings. The minimum absolute atomic E-state index is 0.0490. The lowest BCUT2D eigenvalue weighted by molar-refractivity contribution is 0.281. The van der Waals surface area contributed by atoms with Crippen molar-refractivity contribution >= 4 is 5.65 Å². The molecule has 0 saturated heterocycles. The van der Waals surface area contributed by atoms with E-state index < -0.39 is 0 Å². The molecule has 3 heteroatoms. The molecule has 2 aromatic heterocycles. The largest absolute Gasteiger partial charge is 0.392 e. The van der Waals surface area contributed by atoms with Crippen LogP contribution in [0.25, 0.3) is 16.9 Å². The van der Waals surface area contributed by atoms with Crippen molar-refractivity contribution in [2.24, 2.45) is 5.92 Å². The summed E-state index contributed by atoms with van der Waals surface area (Å²) >= 11 is 0. The Labute approximate surface area is 124 Å². The third-order valence-corrected chi connectivity index (χ3v) is 3.59. The molecule has 0 spiro atoms. The lowest BCUT2D eigenvalue weighted by atomic mass is 10.0. The molecule has 0 aliphatic heterocycles. The first kappa shape index (κ1) is 13.8. The number of aromatic nitrogens is 2. The van der Waals surface area contributed by atoms with E-state index in [1.807, 2.05) is 28.9 Å². The third kappa shape index (κ3) is 2.98. The summed E-state index contributed by atoms with van der Waals surface area (Å²) in [6.45, 7) is 4.51. The van der Waals surface area contributed by atoms with Crippen LogP contribution in [0.3, 0.4) is 0 Å². The van der Waals surface area contributed by atoms with Gasteiger partial charge in [0.2, 0.25) is 0 Å². The van der Waals surface area contributed by atoms with Crippen LogP contribution in [0.1, 0.15) is 25.0 Å². The van der Waals surface area contributed by atoms with Crippen LogP contribution in [-0.4, -0.2) is 14.5 Å². The molecule has 3 aromatic rings. The van der Waals surface area contributed by atoms with Crippen LogP contribution in [0, 0.1) is 5.92 Å². The van der Waals surface area contributed by atoms with Crippen molar-refractivity contribution in [1.82, 2.24) is 9.38 Å². The van der Waals surface area contributed by atoms with Crippen LogP contribution in [0.5, 0.6) is 0 Å².